The summed E-state index contributed by atoms with van der Waals surface area (Å²) >= 11 is 0. The minimum absolute atomic E-state index is 0.657. The Morgan fingerprint density at radius 2 is 2.11 bits per heavy atom. The van der Waals surface area contributed by atoms with Crippen LogP contribution in [0.5, 0.6) is 0 Å². The standard InChI is InChI=1S/C15H26N4/c1-2-5-12(8-9-16)10-17-15-13-6-3-4-7-14(13)18-11-19-15/h11-12H,2-10,16H2,1H3,(H,17,18,19). The van der Waals surface area contributed by atoms with E-state index in [0.29, 0.717) is 5.92 Å². The molecule has 1 aliphatic rings. The summed E-state index contributed by atoms with van der Waals surface area (Å²) < 4.78 is 0. The third-order valence-corrected chi connectivity index (χ3v) is 3.95. The van der Waals surface area contributed by atoms with Crippen molar-refractivity contribution in [1.29, 1.82) is 0 Å². The number of nitrogens with zero attached hydrogens (tertiary/aromatic N) is 2. The lowest BCUT2D eigenvalue weighted by Gasteiger charge is -2.21. The van der Waals surface area contributed by atoms with E-state index >= 15 is 0 Å². The third-order valence-electron chi connectivity index (χ3n) is 3.95. The quantitative estimate of drug-likeness (QED) is 0.792. The van der Waals surface area contributed by atoms with Crippen molar-refractivity contribution in [2.45, 2.75) is 51.9 Å². The highest BCUT2D eigenvalue weighted by atomic mass is 15.0. The van der Waals surface area contributed by atoms with Crippen molar-refractivity contribution < 1.29 is 0 Å². The summed E-state index contributed by atoms with van der Waals surface area (Å²) in [5, 5.41) is 3.54. The molecule has 106 valence electrons. The molecule has 3 N–H and O–H groups in total. The maximum Gasteiger partial charge on any atom is 0.132 e. The molecule has 0 aliphatic heterocycles. The molecule has 0 radical (unpaired) electrons. The van der Waals surface area contributed by atoms with Gasteiger partial charge < -0.3 is 11.1 Å². The van der Waals surface area contributed by atoms with Crippen molar-refractivity contribution in [2.24, 2.45) is 11.7 Å². The molecule has 0 fully saturated rings. The van der Waals surface area contributed by atoms with E-state index in [1.807, 2.05) is 0 Å². The van der Waals surface area contributed by atoms with Gasteiger partial charge in [-0.15, -0.1) is 0 Å². The molecular weight excluding hydrogens is 236 g/mol. The molecule has 4 nitrogen and oxygen atoms in total. The summed E-state index contributed by atoms with van der Waals surface area (Å²) in [6.07, 6.45) is 9.98. The minimum Gasteiger partial charge on any atom is -0.369 e. The Morgan fingerprint density at radius 3 is 2.89 bits per heavy atom. The molecule has 0 saturated heterocycles. The largest absolute Gasteiger partial charge is 0.369 e. The smallest absolute Gasteiger partial charge is 0.132 e. The van der Waals surface area contributed by atoms with Crippen LogP contribution in [0, 0.1) is 5.92 Å². The Hall–Kier alpha value is -1.16. The Labute approximate surface area is 116 Å². The zero-order valence-corrected chi connectivity index (χ0v) is 12.0. The number of aryl methyl sites for hydroxylation is 1. The number of fused-ring (bicyclic) bond motifs is 1. The molecule has 0 saturated carbocycles. The summed E-state index contributed by atoms with van der Waals surface area (Å²) in [5.41, 5.74) is 8.28. The Balaban J connectivity index is 1.98. The number of aromatic nitrogens is 2. The van der Waals surface area contributed by atoms with Gasteiger partial charge in [0.2, 0.25) is 0 Å². The maximum atomic E-state index is 5.69. The fourth-order valence-electron chi connectivity index (χ4n) is 2.91. The fraction of sp³-hybridized carbons (Fsp3) is 0.733. The number of nitrogens with two attached hydrogens (primary N) is 1. The molecule has 0 bridgehead atoms. The van der Waals surface area contributed by atoms with Gasteiger partial charge in [-0.1, -0.05) is 13.3 Å². The van der Waals surface area contributed by atoms with Crippen molar-refractivity contribution in [1.82, 2.24) is 9.97 Å². The summed E-state index contributed by atoms with van der Waals surface area (Å²) in [6, 6.07) is 0. The molecule has 1 heterocycles. The van der Waals surface area contributed by atoms with Gasteiger partial charge in [0.05, 0.1) is 0 Å². The average molecular weight is 262 g/mol. The van der Waals surface area contributed by atoms with Crippen LogP contribution in [0.2, 0.25) is 0 Å². The van der Waals surface area contributed by atoms with Gasteiger partial charge in [-0.2, -0.15) is 0 Å². The lowest BCUT2D eigenvalue weighted by atomic mass is 9.96. The molecule has 1 aromatic rings. The SMILES string of the molecule is CCCC(CCN)CNc1ncnc2c1CCCC2. The van der Waals surface area contributed by atoms with Crippen LogP contribution in [0.15, 0.2) is 6.33 Å². The van der Waals surface area contributed by atoms with Gasteiger partial charge in [0, 0.05) is 17.8 Å². The van der Waals surface area contributed by atoms with Gasteiger partial charge in [-0.05, 0) is 51.0 Å². The normalized spacial score (nSPS) is 15.9. The summed E-state index contributed by atoms with van der Waals surface area (Å²) in [4.78, 5) is 8.84. The molecule has 4 heteroatoms. The van der Waals surface area contributed by atoms with Crippen LogP contribution < -0.4 is 11.1 Å². The third kappa shape index (κ3) is 3.90. The maximum absolute atomic E-state index is 5.69. The van der Waals surface area contributed by atoms with E-state index in [1.165, 1.54) is 36.9 Å². The van der Waals surface area contributed by atoms with E-state index in [2.05, 4.69) is 22.2 Å². The van der Waals surface area contributed by atoms with Gasteiger partial charge in [-0.3, -0.25) is 0 Å². The summed E-state index contributed by atoms with van der Waals surface area (Å²) in [6.45, 7) is 3.98. The van der Waals surface area contributed by atoms with E-state index in [1.54, 1.807) is 6.33 Å². The van der Waals surface area contributed by atoms with Crippen molar-refractivity contribution >= 4 is 5.82 Å². The first-order valence-electron chi connectivity index (χ1n) is 7.61. The molecule has 0 spiro atoms. The second kappa shape index (κ2) is 7.43. The van der Waals surface area contributed by atoms with Gasteiger partial charge in [0.25, 0.3) is 0 Å². The second-order valence-electron chi connectivity index (χ2n) is 5.47. The van der Waals surface area contributed by atoms with E-state index in [4.69, 9.17) is 5.73 Å². The van der Waals surface area contributed by atoms with Crippen molar-refractivity contribution in [3.8, 4) is 0 Å². The first-order valence-corrected chi connectivity index (χ1v) is 7.61. The first-order chi connectivity index (χ1) is 9.35. The molecule has 1 aliphatic carbocycles. The molecule has 1 aromatic heterocycles. The van der Waals surface area contributed by atoms with Crippen molar-refractivity contribution in [2.75, 3.05) is 18.4 Å². The minimum atomic E-state index is 0.657. The fourth-order valence-corrected chi connectivity index (χ4v) is 2.91. The number of hydrogen-bond donors (Lipinski definition) is 2. The Bertz CT molecular complexity index is 386. The van der Waals surface area contributed by atoms with Gasteiger partial charge >= 0.3 is 0 Å². The van der Waals surface area contributed by atoms with Crippen LogP contribution in [-0.2, 0) is 12.8 Å². The Morgan fingerprint density at radius 1 is 1.26 bits per heavy atom. The second-order valence-corrected chi connectivity index (χ2v) is 5.47. The average Bonchev–Trinajstić information content (AvgIpc) is 2.45. The number of hydrogen-bond acceptors (Lipinski definition) is 4. The van der Waals surface area contributed by atoms with E-state index in [0.717, 1.165) is 38.2 Å². The number of nitrogens with one attached hydrogen (secondary N) is 1. The highest BCUT2D eigenvalue weighted by Crippen LogP contribution is 2.24. The van der Waals surface area contributed by atoms with Crippen LogP contribution in [0.3, 0.4) is 0 Å². The highest BCUT2D eigenvalue weighted by Gasteiger charge is 2.16. The van der Waals surface area contributed by atoms with Gasteiger partial charge in [-0.25, -0.2) is 9.97 Å². The van der Waals surface area contributed by atoms with Crippen LogP contribution in [0.4, 0.5) is 5.82 Å². The molecule has 0 amide bonds. The Kier molecular flexibility index (Phi) is 5.58. The molecule has 0 aromatic carbocycles. The zero-order chi connectivity index (χ0) is 13.5. The monoisotopic (exact) mass is 262 g/mol. The lowest BCUT2D eigenvalue weighted by Crippen LogP contribution is -2.20. The van der Waals surface area contributed by atoms with Crippen molar-refractivity contribution in [3.05, 3.63) is 17.6 Å². The summed E-state index contributed by atoms with van der Waals surface area (Å²) in [5.74, 6) is 1.71. The number of anilines is 1. The predicted molar refractivity (Wildman–Crippen MR) is 79.2 cm³/mol. The van der Waals surface area contributed by atoms with E-state index < -0.39 is 0 Å². The predicted octanol–water partition coefficient (Wildman–Crippen LogP) is 2.53. The van der Waals surface area contributed by atoms with Crippen LogP contribution in [-0.4, -0.2) is 23.1 Å². The topological polar surface area (TPSA) is 63.8 Å². The van der Waals surface area contributed by atoms with Crippen molar-refractivity contribution in [3.63, 3.8) is 0 Å². The van der Waals surface area contributed by atoms with Gasteiger partial charge in [0.1, 0.15) is 12.1 Å². The van der Waals surface area contributed by atoms with E-state index in [-0.39, 0.29) is 0 Å². The van der Waals surface area contributed by atoms with Crippen LogP contribution in [0.25, 0.3) is 0 Å². The molecule has 2 rings (SSSR count). The molecule has 19 heavy (non-hydrogen) atoms. The van der Waals surface area contributed by atoms with E-state index in [9.17, 15) is 0 Å². The van der Waals surface area contributed by atoms with Crippen LogP contribution in [0.1, 0.15) is 50.3 Å². The number of rotatable bonds is 7. The summed E-state index contributed by atoms with van der Waals surface area (Å²) in [7, 11) is 0. The highest BCUT2D eigenvalue weighted by molar-refractivity contribution is 5.46. The van der Waals surface area contributed by atoms with Gasteiger partial charge in [0.15, 0.2) is 0 Å². The molecular formula is C15H26N4. The van der Waals surface area contributed by atoms with Crippen LogP contribution >= 0.6 is 0 Å². The lowest BCUT2D eigenvalue weighted by molar-refractivity contribution is 0.472. The first kappa shape index (κ1) is 14.3. The molecule has 1 unspecified atom stereocenters. The molecule has 1 atom stereocenters. The zero-order valence-electron chi connectivity index (χ0n) is 12.0.